The summed E-state index contributed by atoms with van der Waals surface area (Å²) in [6, 6.07) is 10.8. The highest BCUT2D eigenvalue weighted by Gasteiger charge is 2.19. The van der Waals surface area contributed by atoms with Gasteiger partial charge in [0.2, 0.25) is 0 Å². The molecule has 0 aliphatic carbocycles. The minimum Gasteiger partial charge on any atom is -0.309 e. The molecule has 0 radical (unpaired) electrons. The molecule has 94 valence electrons. The Hall–Kier alpha value is -1.74. The van der Waals surface area contributed by atoms with Crippen LogP contribution in [0.2, 0.25) is 0 Å². The van der Waals surface area contributed by atoms with Gasteiger partial charge >= 0.3 is 0 Å². The second-order valence-electron chi connectivity index (χ2n) is 4.27. The van der Waals surface area contributed by atoms with Gasteiger partial charge in [-0.2, -0.15) is 0 Å². The highest BCUT2D eigenvalue weighted by Crippen LogP contribution is 2.26. The van der Waals surface area contributed by atoms with Gasteiger partial charge in [0.1, 0.15) is 11.6 Å². The van der Waals surface area contributed by atoms with Crippen molar-refractivity contribution in [3.63, 3.8) is 0 Å². The summed E-state index contributed by atoms with van der Waals surface area (Å²) in [6.45, 7) is 1.89. The molecule has 2 aromatic carbocycles. The summed E-state index contributed by atoms with van der Waals surface area (Å²) in [7, 11) is 1.69. The topological polar surface area (TPSA) is 12.0 Å². The smallest absolute Gasteiger partial charge is 0.128 e. The molecule has 0 aliphatic rings. The van der Waals surface area contributed by atoms with Crippen LogP contribution in [0.25, 0.3) is 0 Å². The van der Waals surface area contributed by atoms with Gasteiger partial charge < -0.3 is 5.32 Å². The molecule has 0 saturated carbocycles. The largest absolute Gasteiger partial charge is 0.309 e. The average molecular weight is 247 g/mol. The number of aryl methyl sites for hydroxylation is 1. The van der Waals surface area contributed by atoms with Gasteiger partial charge in [0.25, 0.3) is 0 Å². The summed E-state index contributed by atoms with van der Waals surface area (Å²) >= 11 is 0. The van der Waals surface area contributed by atoms with Gasteiger partial charge in [-0.3, -0.25) is 0 Å². The Bertz CT molecular complexity index is 552. The quantitative estimate of drug-likeness (QED) is 0.874. The lowest BCUT2D eigenvalue weighted by atomic mass is 9.96. The molecular weight excluding hydrogens is 232 g/mol. The fraction of sp³-hybridized carbons (Fsp3) is 0.200. The van der Waals surface area contributed by atoms with E-state index < -0.39 is 6.04 Å². The van der Waals surface area contributed by atoms with Crippen LogP contribution in [0.4, 0.5) is 8.78 Å². The number of hydrogen-bond acceptors (Lipinski definition) is 1. The van der Waals surface area contributed by atoms with Crippen LogP contribution in [0.15, 0.2) is 42.5 Å². The molecule has 0 heterocycles. The van der Waals surface area contributed by atoms with Gasteiger partial charge in [0, 0.05) is 11.1 Å². The van der Waals surface area contributed by atoms with E-state index in [9.17, 15) is 8.78 Å². The molecule has 1 nitrogen and oxygen atoms in total. The summed E-state index contributed by atoms with van der Waals surface area (Å²) in [5, 5.41) is 2.96. The standard InChI is InChI=1S/C15H15F2N/c1-10-7-8-14(17)12(9-10)15(18-2)11-5-3-4-6-13(11)16/h3-9,15,18H,1-2H3. The van der Waals surface area contributed by atoms with Crippen molar-refractivity contribution in [3.8, 4) is 0 Å². The van der Waals surface area contributed by atoms with E-state index in [2.05, 4.69) is 5.32 Å². The van der Waals surface area contributed by atoms with Crippen LogP contribution in [0.5, 0.6) is 0 Å². The van der Waals surface area contributed by atoms with Gasteiger partial charge in [-0.05, 0) is 26.1 Å². The molecular formula is C15H15F2N. The van der Waals surface area contributed by atoms with Crippen molar-refractivity contribution in [3.05, 3.63) is 70.8 Å². The van der Waals surface area contributed by atoms with E-state index in [0.29, 0.717) is 11.1 Å². The molecule has 0 amide bonds. The van der Waals surface area contributed by atoms with Crippen LogP contribution in [0.1, 0.15) is 22.7 Å². The van der Waals surface area contributed by atoms with E-state index in [1.54, 1.807) is 37.4 Å². The van der Waals surface area contributed by atoms with Crippen molar-refractivity contribution < 1.29 is 8.78 Å². The minimum atomic E-state index is -0.480. The van der Waals surface area contributed by atoms with Crippen LogP contribution < -0.4 is 5.32 Å². The van der Waals surface area contributed by atoms with Crippen LogP contribution in [-0.2, 0) is 0 Å². The van der Waals surface area contributed by atoms with Crippen molar-refractivity contribution >= 4 is 0 Å². The van der Waals surface area contributed by atoms with Crippen LogP contribution >= 0.6 is 0 Å². The molecule has 3 heteroatoms. The van der Waals surface area contributed by atoms with E-state index in [1.807, 2.05) is 6.92 Å². The number of nitrogens with one attached hydrogen (secondary N) is 1. The van der Waals surface area contributed by atoms with Gasteiger partial charge in [-0.25, -0.2) is 8.78 Å². The molecule has 0 aliphatic heterocycles. The van der Waals surface area contributed by atoms with Crippen molar-refractivity contribution in [1.82, 2.24) is 5.32 Å². The molecule has 0 fully saturated rings. The molecule has 1 atom stereocenters. The highest BCUT2D eigenvalue weighted by molar-refractivity contribution is 5.35. The van der Waals surface area contributed by atoms with Crippen molar-refractivity contribution in [2.45, 2.75) is 13.0 Å². The van der Waals surface area contributed by atoms with Gasteiger partial charge in [-0.1, -0.05) is 35.9 Å². The first-order chi connectivity index (χ1) is 8.63. The number of rotatable bonds is 3. The summed E-state index contributed by atoms with van der Waals surface area (Å²) in [6.07, 6.45) is 0. The third-order valence-corrected chi connectivity index (χ3v) is 2.97. The second kappa shape index (κ2) is 5.27. The molecule has 1 unspecified atom stereocenters. The maximum Gasteiger partial charge on any atom is 0.128 e. The molecule has 1 N–H and O–H groups in total. The third-order valence-electron chi connectivity index (χ3n) is 2.97. The summed E-state index contributed by atoms with van der Waals surface area (Å²) < 4.78 is 27.6. The van der Waals surface area contributed by atoms with E-state index in [4.69, 9.17) is 0 Å². The normalized spacial score (nSPS) is 12.4. The summed E-state index contributed by atoms with van der Waals surface area (Å²) in [4.78, 5) is 0. The van der Waals surface area contributed by atoms with Gasteiger partial charge in [0.15, 0.2) is 0 Å². The van der Waals surface area contributed by atoms with Crippen molar-refractivity contribution in [2.24, 2.45) is 0 Å². The monoisotopic (exact) mass is 247 g/mol. The number of hydrogen-bond donors (Lipinski definition) is 1. The van der Waals surface area contributed by atoms with E-state index >= 15 is 0 Å². The Morgan fingerprint density at radius 1 is 0.944 bits per heavy atom. The highest BCUT2D eigenvalue weighted by atomic mass is 19.1. The van der Waals surface area contributed by atoms with Crippen molar-refractivity contribution in [1.29, 1.82) is 0 Å². The fourth-order valence-electron chi connectivity index (χ4n) is 2.07. The van der Waals surface area contributed by atoms with E-state index in [-0.39, 0.29) is 11.6 Å². The lowest BCUT2D eigenvalue weighted by Crippen LogP contribution is -2.20. The van der Waals surface area contributed by atoms with Crippen LogP contribution in [0, 0.1) is 18.6 Å². The first-order valence-corrected chi connectivity index (χ1v) is 5.81. The summed E-state index contributed by atoms with van der Waals surface area (Å²) in [5.41, 5.74) is 1.86. The lowest BCUT2D eigenvalue weighted by Gasteiger charge is -2.19. The Morgan fingerprint density at radius 3 is 2.28 bits per heavy atom. The predicted octanol–water partition coefficient (Wildman–Crippen LogP) is 3.58. The molecule has 18 heavy (non-hydrogen) atoms. The van der Waals surface area contributed by atoms with Gasteiger partial charge in [0.05, 0.1) is 6.04 Å². The maximum atomic E-state index is 13.9. The Labute approximate surface area is 105 Å². The average Bonchev–Trinajstić information content (AvgIpc) is 2.36. The van der Waals surface area contributed by atoms with Crippen LogP contribution in [-0.4, -0.2) is 7.05 Å². The SMILES string of the molecule is CNC(c1ccccc1F)c1cc(C)ccc1F. The lowest BCUT2D eigenvalue weighted by molar-refractivity contribution is 0.546. The summed E-state index contributed by atoms with van der Waals surface area (Å²) in [5.74, 6) is -0.666. The molecule has 0 saturated heterocycles. The molecule has 2 aromatic rings. The van der Waals surface area contributed by atoms with Gasteiger partial charge in [-0.15, -0.1) is 0 Å². The molecule has 0 bridgehead atoms. The zero-order valence-corrected chi connectivity index (χ0v) is 10.4. The fourth-order valence-corrected chi connectivity index (χ4v) is 2.07. The second-order valence-corrected chi connectivity index (χ2v) is 4.27. The third kappa shape index (κ3) is 2.41. The maximum absolute atomic E-state index is 13.9. The van der Waals surface area contributed by atoms with Crippen molar-refractivity contribution in [2.75, 3.05) is 7.05 Å². The number of halogens is 2. The predicted molar refractivity (Wildman–Crippen MR) is 68.4 cm³/mol. The molecule has 2 rings (SSSR count). The zero-order chi connectivity index (χ0) is 13.1. The number of benzene rings is 2. The first-order valence-electron chi connectivity index (χ1n) is 5.81. The first kappa shape index (κ1) is 12.7. The Balaban J connectivity index is 2.52. The van der Waals surface area contributed by atoms with E-state index in [0.717, 1.165) is 5.56 Å². The van der Waals surface area contributed by atoms with Crippen LogP contribution in [0.3, 0.4) is 0 Å². The Kier molecular flexibility index (Phi) is 3.72. The zero-order valence-electron chi connectivity index (χ0n) is 10.4. The molecule has 0 spiro atoms. The molecule has 0 aromatic heterocycles. The Morgan fingerprint density at radius 2 is 1.61 bits per heavy atom. The minimum absolute atomic E-state index is 0.330. The van der Waals surface area contributed by atoms with E-state index in [1.165, 1.54) is 12.1 Å².